The van der Waals surface area contributed by atoms with Gasteiger partial charge in [0.05, 0.1) is 13.2 Å². The Hall–Kier alpha value is -2.21. The first-order chi connectivity index (χ1) is 10.4. The largest absolute Gasteiger partial charge is 0.374 e. The highest BCUT2D eigenvalue weighted by Crippen LogP contribution is 2.04. The van der Waals surface area contributed by atoms with Gasteiger partial charge in [-0.05, 0) is 26.3 Å². The van der Waals surface area contributed by atoms with Gasteiger partial charge in [0.25, 0.3) is 0 Å². The zero-order valence-electron chi connectivity index (χ0n) is 13.1. The molecule has 22 heavy (non-hydrogen) atoms. The Kier molecular flexibility index (Phi) is 6.72. The fraction of sp³-hybridized carbons (Fsp3) is 0.438. The van der Waals surface area contributed by atoms with Crippen molar-refractivity contribution in [3.63, 3.8) is 0 Å². The van der Waals surface area contributed by atoms with Gasteiger partial charge in [-0.25, -0.2) is 0 Å². The third-order valence-corrected chi connectivity index (χ3v) is 3.18. The molecule has 0 aliphatic heterocycles. The second-order valence-corrected chi connectivity index (χ2v) is 5.52. The van der Waals surface area contributed by atoms with Crippen molar-refractivity contribution >= 4 is 18.1 Å². The predicted molar refractivity (Wildman–Crippen MR) is 82.0 cm³/mol. The summed E-state index contributed by atoms with van der Waals surface area (Å²) in [5.41, 5.74) is -0.103. The monoisotopic (exact) mass is 306 g/mol. The van der Waals surface area contributed by atoms with Crippen LogP contribution >= 0.6 is 0 Å². The first-order valence-electron chi connectivity index (χ1n) is 7.01. The lowest BCUT2D eigenvalue weighted by molar-refractivity contribution is -0.133. The molecule has 6 nitrogen and oxygen atoms in total. The number of carbonyl (C=O) groups excluding carboxylic acids is 3. The minimum Gasteiger partial charge on any atom is -0.374 e. The number of amides is 2. The van der Waals surface area contributed by atoms with E-state index < -0.39 is 17.5 Å². The molecule has 0 bridgehead atoms. The molecular formula is C16H22N2O4. The molecule has 0 aliphatic carbocycles. The fourth-order valence-corrected chi connectivity index (χ4v) is 1.68. The van der Waals surface area contributed by atoms with Crippen molar-refractivity contribution in [1.29, 1.82) is 0 Å². The van der Waals surface area contributed by atoms with Crippen LogP contribution in [0.4, 0.5) is 0 Å². The van der Waals surface area contributed by atoms with Crippen LogP contribution in [0.5, 0.6) is 0 Å². The van der Waals surface area contributed by atoms with Crippen molar-refractivity contribution in [3.8, 4) is 0 Å². The molecule has 1 atom stereocenters. The van der Waals surface area contributed by atoms with Crippen molar-refractivity contribution in [2.75, 3.05) is 6.61 Å². The Bertz CT molecular complexity index is 514. The van der Waals surface area contributed by atoms with Gasteiger partial charge >= 0.3 is 0 Å². The van der Waals surface area contributed by atoms with Gasteiger partial charge in [-0.3, -0.25) is 14.4 Å². The Morgan fingerprint density at radius 1 is 1.27 bits per heavy atom. The third-order valence-electron chi connectivity index (χ3n) is 3.18. The number of ether oxygens (including phenoxy) is 1. The van der Waals surface area contributed by atoms with Crippen molar-refractivity contribution in [1.82, 2.24) is 10.6 Å². The maximum atomic E-state index is 12.1. The van der Waals surface area contributed by atoms with Crippen LogP contribution in [-0.4, -0.2) is 36.3 Å². The molecule has 0 aromatic heterocycles. The van der Waals surface area contributed by atoms with Gasteiger partial charge in [-0.2, -0.15) is 0 Å². The molecule has 0 fully saturated rings. The summed E-state index contributed by atoms with van der Waals surface area (Å²) in [6.45, 7) is 4.93. The summed E-state index contributed by atoms with van der Waals surface area (Å²) in [6, 6.07) is 8.79. The molecule has 2 amide bonds. The fourth-order valence-electron chi connectivity index (χ4n) is 1.68. The summed E-state index contributed by atoms with van der Waals surface area (Å²) < 4.78 is 5.49. The van der Waals surface area contributed by atoms with Gasteiger partial charge in [-0.15, -0.1) is 0 Å². The summed E-state index contributed by atoms with van der Waals surface area (Å²) >= 11 is 0. The van der Waals surface area contributed by atoms with Crippen LogP contribution in [0.1, 0.15) is 26.3 Å². The van der Waals surface area contributed by atoms with Gasteiger partial charge in [0.15, 0.2) is 5.78 Å². The standard InChI is InChI=1S/C16H22N2O4/c1-12(20)14(18-15(21)16(2,3)17-11-19)10-22-9-13-7-5-4-6-8-13/h4-8,11,14H,9-10H2,1-3H3,(H,17,19)(H,18,21). The zero-order valence-corrected chi connectivity index (χ0v) is 13.1. The lowest BCUT2D eigenvalue weighted by Crippen LogP contribution is -2.56. The van der Waals surface area contributed by atoms with E-state index in [0.29, 0.717) is 13.0 Å². The summed E-state index contributed by atoms with van der Waals surface area (Å²) in [4.78, 5) is 34.2. The van der Waals surface area contributed by atoms with Crippen LogP contribution < -0.4 is 10.6 Å². The number of Topliss-reactive ketones (excluding diaryl/α,β-unsaturated/α-hetero) is 1. The summed E-state index contributed by atoms with van der Waals surface area (Å²) in [5.74, 6) is -0.647. The van der Waals surface area contributed by atoms with Crippen molar-refractivity contribution in [3.05, 3.63) is 35.9 Å². The average Bonchev–Trinajstić information content (AvgIpc) is 2.46. The molecule has 2 N–H and O–H groups in total. The average molecular weight is 306 g/mol. The molecule has 1 aromatic carbocycles. The number of benzene rings is 1. The maximum Gasteiger partial charge on any atom is 0.245 e. The van der Waals surface area contributed by atoms with Crippen molar-refractivity contribution < 1.29 is 19.1 Å². The molecular weight excluding hydrogens is 284 g/mol. The van der Waals surface area contributed by atoms with Crippen LogP contribution in [0, 0.1) is 0 Å². The van der Waals surface area contributed by atoms with Crippen LogP contribution in [0.25, 0.3) is 0 Å². The van der Waals surface area contributed by atoms with Crippen LogP contribution in [0.15, 0.2) is 30.3 Å². The highest BCUT2D eigenvalue weighted by Gasteiger charge is 2.29. The van der Waals surface area contributed by atoms with Gasteiger partial charge in [0.1, 0.15) is 11.6 Å². The van der Waals surface area contributed by atoms with E-state index in [2.05, 4.69) is 10.6 Å². The summed E-state index contributed by atoms with van der Waals surface area (Å²) in [7, 11) is 0. The number of hydrogen-bond donors (Lipinski definition) is 2. The molecule has 0 saturated carbocycles. The van der Waals surface area contributed by atoms with Crippen LogP contribution in [0.2, 0.25) is 0 Å². The molecule has 0 saturated heterocycles. The zero-order chi connectivity index (χ0) is 16.6. The van der Waals surface area contributed by atoms with E-state index in [0.717, 1.165) is 5.56 Å². The Morgan fingerprint density at radius 3 is 2.45 bits per heavy atom. The van der Waals surface area contributed by atoms with E-state index in [1.54, 1.807) is 13.8 Å². The molecule has 0 radical (unpaired) electrons. The molecule has 1 unspecified atom stereocenters. The van der Waals surface area contributed by atoms with Crippen molar-refractivity contribution in [2.45, 2.75) is 39.0 Å². The Labute approximate surface area is 130 Å². The van der Waals surface area contributed by atoms with E-state index >= 15 is 0 Å². The lowest BCUT2D eigenvalue weighted by atomic mass is 10.0. The highest BCUT2D eigenvalue weighted by atomic mass is 16.5. The Balaban J connectivity index is 2.53. The van der Waals surface area contributed by atoms with E-state index in [-0.39, 0.29) is 12.4 Å². The second-order valence-electron chi connectivity index (χ2n) is 5.52. The van der Waals surface area contributed by atoms with E-state index in [1.807, 2.05) is 30.3 Å². The number of rotatable bonds is 9. The smallest absolute Gasteiger partial charge is 0.245 e. The number of hydrogen-bond acceptors (Lipinski definition) is 4. The molecule has 1 aromatic rings. The second kappa shape index (κ2) is 8.29. The minimum atomic E-state index is -1.09. The minimum absolute atomic E-state index is 0.0765. The highest BCUT2D eigenvalue weighted by molar-refractivity contribution is 5.92. The molecule has 1 rings (SSSR count). The van der Waals surface area contributed by atoms with E-state index in [4.69, 9.17) is 4.74 Å². The molecule has 120 valence electrons. The molecule has 0 spiro atoms. The number of carbonyl (C=O) groups is 3. The van der Waals surface area contributed by atoms with Crippen LogP contribution in [0.3, 0.4) is 0 Å². The summed E-state index contributed by atoms with van der Waals surface area (Å²) in [5, 5.41) is 5.00. The number of ketones is 1. The summed E-state index contributed by atoms with van der Waals surface area (Å²) in [6.07, 6.45) is 0.453. The topological polar surface area (TPSA) is 84.5 Å². The quantitative estimate of drug-likeness (QED) is 0.661. The maximum absolute atomic E-state index is 12.1. The van der Waals surface area contributed by atoms with Gasteiger partial charge < -0.3 is 15.4 Å². The van der Waals surface area contributed by atoms with E-state index in [9.17, 15) is 14.4 Å². The normalized spacial score (nSPS) is 12.3. The molecule has 6 heteroatoms. The van der Waals surface area contributed by atoms with Gasteiger partial charge in [0, 0.05) is 0 Å². The lowest BCUT2D eigenvalue weighted by Gasteiger charge is -2.25. The SMILES string of the molecule is CC(=O)C(COCc1ccccc1)NC(=O)C(C)(C)NC=O. The van der Waals surface area contributed by atoms with Gasteiger partial charge in [0.2, 0.25) is 12.3 Å². The van der Waals surface area contributed by atoms with Gasteiger partial charge in [-0.1, -0.05) is 30.3 Å². The predicted octanol–water partition coefficient (Wildman–Crippen LogP) is 0.802. The third kappa shape index (κ3) is 5.65. The first-order valence-corrected chi connectivity index (χ1v) is 7.01. The Morgan fingerprint density at radius 2 is 1.91 bits per heavy atom. The number of nitrogens with one attached hydrogen (secondary N) is 2. The van der Waals surface area contributed by atoms with Crippen molar-refractivity contribution in [2.24, 2.45) is 0 Å². The molecule has 0 aliphatic rings. The first kappa shape index (κ1) is 17.8. The molecule has 0 heterocycles. The van der Waals surface area contributed by atoms with Crippen LogP contribution in [-0.2, 0) is 25.7 Å². The van der Waals surface area contributed by atoms with E-state index in [1.165, 1.54) is 6.92 Å².